The number of nitriles is 1. The summed E-state index contributed by atoms with van der Waals surface area (Å²) in [6, 6.07) is 1.75. The molecule has 0 aromatic rings. The molecule has 0 aromatic heterocycles. The molecule has 0 atom stereocenters. The smallest absolute Gasteiger partial charge is 0.438 e. The Morgan fingerprint density at radius 2 is 1.14 bits per heavy atom. The Morgan fingerprint density at radius 1 is 1.00 bits per heavy atom. The fourth-order valence-corrected chi connectivity index (χ4v) is 0.161. The van der Waals surface area contributed by atoms with Gasteiger partial charge in [0.1, 0.15) is 0 Å². The van der Waals surface area contributed by atoms with E-state index in [1.807, 2.05) is 0 Å². The molecule has 0 fully saturated rings. The summed E-state index contributed by atoms with van der Waals surface area (Å²) in [4.78, 5) is 0. The second-order valence-corrected chi connectivity index (χ2v) is 1.53. The van der Waals surface area contributed by atoms with Crippen LogP contribution >= 0.6 is 0 Å². The van der Waals surface area contributed by atoms with Gasteiger partial charge in [-0.15, -0.1) is 0 Å². The molecular formula is C5H3AgF7N. The number of nitrogens with zero attached hydrogens (tertiary/aromatic N) is 1. The molecule has 0 aliphatic rings. The summed E-state index contributed by atoms with van der Waals surface area (Å²) in [5.41, 5.74) is 0. The molecule has 0 aliphatic carbocycles. The maximum absolute atomic E-state index is 11.1. The number of halogens is 7. The molecule has 0 aliphatic heterocycles. The van der Waals surface area contributed by atoms with Crippen molar-refractivity contribution in [3.05, 3.63) is 6.17 Å². The van der Waals surface area contributed by atoms with Crippen molar-refractivity contribution in [2.75, 3.05) is 0 Å². The zero-order chi connectivity index (χ0) is 11.3. The van der Waals surface area contributed by atoms with Crippen LogP contribution in [0.1, 0.15) is 6.92 Å². The van der Waals surface area contributed by atoms with Crippen molar-refractivity contribution in [2.24, 2.45) is 0 Å². The average molecular weight is 318 g/mol. The third-order valence-corrected chi connectivity index (χ3v) is 0.498. The number of hydrogen-bond donors (Lipinski definition) is 0. The molecule has 0 aromatic carbocycles. The molecule has 0 bridgehead atoms. The van der Waals surface area contributed by atoms with Crippen LogP contribution in [0, 0.1) is 17.5 Å². The van der Waals surface area contributed by atoms with Crippen molar-refractivity contribution >= 4 is 0 Å². The van der Waals surface area contributed by atoms with E-state index < -0.39 is 18.5 Å². The van der Waals surface area contributed by atoms with Gasteiger partial charge in [0.2, 0.25) is 0 Å². The Balaban J connectivity index is -0.000000267. The summed E-state index contributed by atoms with van der Waals surface area (Å²) in [6.45, 7) is 1.43. The fraction of sp³-hybridized carbons (Fsp3) is 0.600. The molecule has 14 heavy (non-hydrogen) atoms. The van der Waals surface area contributed by atoms with Gasteiger partial charge in [-0.25, -0.2) is 26.3 Å². The van der Waals surface area contributed by atoms with E-state index in [0.29, 0.717) is 0 Å². The van der Waals surface area contributed by atoms with Crippen LogP contribution in [-0.4, -0.2) is 12.4 Å². The number of alkyl halides is 6. The van der Waals surface area contributed by atoms with E-state index in [1.165, 1.54) is 6.92 Å². The maximum atomic E-state index is 11.1. The predicted octanol–water partition coefficient (Wildman–Crippen LogP) is 3.14. The molecule has 0 rings (SSSR count). The van der Waals surface area contributed by atoms with Gasteiger partial charge in [-0.05, 0) is 0 Å². The molecule has 0 heterocycles. The predicted molar refractivity (Wildman–Crippen MR) is 27.7 cm³/mol. The molecule has 0 saturated carbocycles. The topological polar surface area (TPSA) is 23.8 Å². The minimum absolute atomic E-state index is 0. The third kappa shape index (κ3) is 9.83. The summed E-state index contributed by atoms with van der Waals surface area (Å²) >= 11 is 0. The molecule has 0 amide bonds. The first-order chi connectivity index (χ1) is 5.57. The van der Waals surface area contributed by atoms with E-state index in [-0.39, 0.29) is 22.4 Å². The zero-order valence-electron chi connectivity index (χ0n) is 6.39. The van der Waals surface area contributed by atoms with Crippen molar-refractivity contribution in [2.45, 2.75) is 19.3 Å². The van der Waals surface area contributed by atoms with Gasteiger partial charge >= 0.3 is 34.7 Å². The van der Waals surface area contributed by atoms with Crippen LogP contribution < -0.4 is 0 Å². The van der Waals surface area contributed by atoms with E-state index >= 15 is 0 Å². The summed E-state index contributed by atoms with van der Waals surface area (Å²) in [5, 5.41) is 7.32. The van der Waals surface area contributed by atoms with Crippen LogP contribution in [0.15, 0.2) is 0 Å². The Morgan fingerprint density at radius 3 is 1.14 bits per heavy atom. The van der Waals surface area contributed by atoms with Gasteiger partial charge in [0.05, 0.1) is 6.07 Å². The van der Waals surface area contributed by atoms with Crippen molar-refractivity contribution in [1.82, 2.24) is 0 Å². The van der Waals surface area contributed by atoms with Crippen LogP contribution in [0.5, 0.6) is 0 Å². The first kappa shape index (κ1) is 19.3. The summed E-state index contributed by atoms with van der Waals surface area (Å²) < 4.78 is 76.0. The SMILES string of the molecule is CC#N.F[C-](C(F)(F)F)C(F)(F)F.[Ag+]. The van der Waals surface area contributed by atoms with E-state index in [9.17, 15) is 30.7 Å². The Hall–Kier alpha value is -0.260. The normalized spacial score (nSPS) is 10.9. The Bertz CT molecular complexity index is 164. The minimum atomic E-state index is -5.93. The summed E-state index contributed by atoms with van der Waals surface area (Å²) in [6.07, 6.45) is -15.8. The van der Waals surface area contributed by atoms with Gasteiger partial charge in [-0.2, -0.15) is 5.26 Å². The molecule has 0 spiro atoms. The van der Waals surface area contributed by atoms with Crippen LogP contribution in [-0.2, 0) is 22.4 Å². The summed E-state index contributed by atoms with van der Waals surface area (Å²) in [7, 11) is 0. The van der Waals surface area contributed by atoms with Crippen LogP contribution in [0.25, 0.3) is 0 Å². The standard InChI is InChI=1S/C3F7.C2H3N.Ag/c4-1(2(5,6)7)3(8,9)10;1-2-3;/h;1H3;/q-1;;+1. The first-order valence-corrected chi connectivity index (χ1v) is 2.55. The molecule has 1 nitrogen and oxygen atoms in total. The van der Waals surface area contributed by atoms with Gasteiger partial charge in [-0.1, -0.05) is 0 Å². The number of hydrogen-bond acceptors (Lipinski definition) is 1. The van der Waals surface area contributed by atoms with E-state index in [4.69, 9.17) is 5.26 Å². The van der Waals surface area contributed by atoms with Crippen molar-refractivity contribution in [1.29, 1.82) is 5.26 Å². The molecular weight excluding hydrogens is 315 g/mol. The van der Waals surface area contributed by atoms with E-state index in [0.717, 1.165) is 0 Å². The second kappa shape index (κ2) is 7.09. The van der Waals surface area contributed by atoms with Gasteiger partial charge < -0.3 is 4.39 Å². The van der Waals surface area contributed by atoms with Crippen LogP contribution in [0.2, 0.25) is 0 Å². The first-order valence-electron chi connectivity index (χ1n) is 2.55. The van der Waals surface area contributed by atoms with E-state index in [1.54, 1.807) is 6.07 Å². The molecule has 0 saturated heterocycles. The Labute approximate surface area is 90.4 Å². The van der Waals surface area contributed by atoms with E-state index in [2.05, 4.69) is 0 Å². The molecule has 0 N–H and O–H groups in total. The molecule has 9 heteroatoms. The van der Waals surface area contributed by atoms with Gasteiger partial charge in [0, 0.05) is 13.1 Å². The quantitative estimate of drug-likeness (QED) is 0.382. The third-order valence-electron chi connectivity index (χ3n) is 0.498. The van der Waals surface area contributed by atoms with Crippen LogP contribution in [0.4, 0.5) is 30.7 Å². The van der Waals surface area contributed by atoms with Crippen molar-refractivity contribution in [3.8, 4) is 6.07 Å². The Kier molecular flexibility index (Phi) is 9.79. The largest absolute Gasteiger partial charge is 1.00 e. The van der Waals surface area contributed by atoms with Crippen molar-refractivity contribution < 1.29 is 53.1 Å². The molecule has 0 unspecified atom stereocenters. The zero-order valence-corrected chi connectivity index (χ0v) is 7.88. The second-order valence-electron chi connectivity index (χ2n) is 1.53. The minimum Gasteiger partial charge on any atom is -0.438 e. The van der Waals surface area contributed by atoms with Crippen LogP contribution in [0.3, 0.4) is 0 Å². The van der Waals surface area contributed by atoms with Gasteiger partial charge in [0.15, 0.2) is 0 Å². The van der Waals surface area contributed by atoms with Crippen molar-refractivity contribution in [3.63, 3.8) is 0 Å². The molecule has 88 valence electrons. The van der Waals surface area contributed by atoms with Gasteiger partial charge in [0.25, 0.3) is 0 Å². The summed E-state index contributed by atoms with van der Waals surface area (Å²) in [5.74, 6) is 0. The van der Waals surface area contributed by atoms with Gasteiger partial charge in [-0.3, -0.25) is 0 Å². The number of rotatable bonds is 0. The molecule has 0 radical (unpaired) electrons. The monoisotopic (exact) mass is 317 g/mol. The average Bonchev–Trinajstić information content (AvgIpc) is 1.84. The fourth-order valence-electron chi connectivity index (χ4n) is 0.161. The maximum Gasteiger partial charge on any atom is 1.00 e.